The second kappa shape index (κ2) is 8.84. The fraction of sp³-hybridized carbons (Fsp3) is 0.227. The summed E-state index contributed by atoms with van der Waals surface area (Å²) < 4.78 is 10.6. The molecule has 0 unspecified atom stereocenters. The van der Waals surface area contributed by atoms with Crippen LogP contribution >= 0.6 is 11.8 Å². The van der Waals surface area contributed by atoms with E-state index in [0.717, 1.165) is 49.9 Å². The standard InChI is InChI=1S/C22H20N2O4S/c1-13-7-18-16(10-27-20(18)8-14(13)2)9-22(26)28-11-21(25)24-19-5-4-17(29-12-23)6-15(19)3/h4-8,10H,9,11H2,1-3H3,(H,24,25). The highest BCUT2D eigenvalue weighted by molar-refractivity contribution is 8.03. The van der Waals surface area contributed by atoms with E-state index in [-0.39, 0.29) is 13.0 Å². The van der Waals surface area contributed by atoms with Gasteiger partial charge in [0.05, 0.1) is 12.7 Å². The highest BCUT2D eigenvalue weighted by Crippen LogP contribution is 2.25. The number of rotatable bonds is 6. The third-order valence-electron chi connectivity index (χ3n) is 4.60. The number of nitrogens with one attached hydrogen (secondary N) is 1. The van der Waals surface area contributed by atoms with Crippen molar-refractivity contribution in [3.8, 4) is 5.40 Å². The number of carbonyl (C=O) groups excluding carboxylic acids is 2. The number of anilines is 1. The summed E-state index contributed by atoms with van der Waals surface area (Å²) in [4.78, 5) is 25.1. The van der Waals surface area contributed by atoms with E-state index in [0.29, 0.717) is 5.69 Å². The molecule has 3 aromatic rings. The molecule has 1 heterocycles. The maximum Gasteiger partial charge on any atom is 0.310 e. The smallest absolute Gasteiger partial charge is 0.310 e. The normalized spacial score (nSPS) is 10.6. The molecule has 6 nitrogen and oxygen atoms in total. The average Bonchev–Trinajstić information content (AvgIpc) is 3.04. The van der Waals surface area contributed by atoms with Crippen LogP contribution in [0.5, 0.6) is 0 Å². The van der Waals surface area contributed by atoms with Crippen molar-refractivity contribution in [2.45, 2.75) is 32.1 Å². The quantitative estimate of drug-likeness (QED) is 0.362. The van der Waals surface area contributed by atoms with E-state index in [2.05, 4.69) is 5.32 Å². The van der Waals surface area contributed by atoms with E-state index >= 15 is 0 Å². The number of ether oxygens (including phenoxy) is 1. The Morgan fingerprint density at radius 2 is 1.90 bits per heavy atom. The molecule has 29 heavy (non-hydrogen) atoms. The highest BCUT2D eigenvalue weighted by Gasteiger charge is 2.14. The zero-order valence-electron chi connectivity index (χ0n) is 16.4. The lowest BCUT2D eigenvalue weighted by atomic mass is 10.0. The number of hydrogen-bond acceptors (Lipinski definition) is 6. The number of thioether (sulfide) groups is 1. The first-order valence-corrected chi connectivity index (χ1v) is 9.78. The van der Waals surface area contributed by atoms with Gasteiger partial charge in [-0.15, -0.1) is 0 Å². The molecule has 0 bridgehead atoms. The van der Waals surface area contributed by atoms with Crippen molar-refractivity contribution in [2.75, 3.05) is 11.9 Å². The van der Waals surface area contributed by atoms with Gasteiger partial charge in [-0.25, -0.2) is 0 Å². The molecule has 0 radical (unpaired) electrons. The van der Waals surface area contributed by atoms with Crippen LogP contribution in [-0.2, 0) is 20.7 Å². The van der Waals surface area contributed by atoms with Gasteiger partial charge in [-0.3, -0.25) is 9.59 Å². The zero-order valence-corrected chi connectivity index (χ0v) is 17.2. The summed E-state index contributed by atoms with van der Waals surface area (Å²) in [5, 5.41) is 14.3. The van der Waals surface area contributed by atoms with Crippen LogP contribution in [0.4, 0.5) is 5.69 Å². The van der Waals surface area contributed by atoms with Crippen LogP contribution in [0.25, 0.3) is 11.0 Å². The predicted octanol–water partition coefficient (Wildman–Crippen LogP) is 4.66. The molecule has 0 aliphatic heterocycles. The van der Waals surface area contributed by atoms with Gasteiger partial charge in [-0.2, -0.15) is 5.26 Å². The van der Waals surface area contributed by atoms with Crippen LogP contribution in [0.2, 0.25) is 0 Å². The number of hydrogen-bond donors (Lipinski definition) is 1. The average molecular weight is 408 g/mol. The Balaban J connectivity index is 1.56. The van der Waals surface area contributed by atoms with Gasteiger partial charge >= 0.3 is 5.97 Å². The number of thiocyanates is 1. The minimum atomic E-state index is -0.501. The second-order valence-corrected chi connectivity index (χ2v) is 7.61. The third kappa shape index (κ3) is 4.98. The minimum Gasteiger partial charge on any atom is -0.464 e. The van der Waals surface area contributed by atoms with Crippen LogP contribution < -0.4 is 5.32 Å². The fourth-order valence-electron chi connectivity index (χ4n) is 2.90. The van der Waals surface area contributed by atoms with Crippen molar-refractivity contribution in [1.29, 1.82) is 5.26 Å². The van der Waals surface area contributed by atoms with Gasteiger partial charge in [0.2, 0.25) is 0 Å². The van der Waals surface area contributed by atoms with Gasteiger partial charge in [0.25, 0.3) is 5.91 Å². The van der Waals surface area contributed by atoms with Crippen molar-refractivity contribution >= 4 is 40.3 Å². The summed E-state index contributed by atoms with van der Waals surface area (Å²) in [5.74, 6) is -0.927. The minimum absolute atomic E-state index is 0.0297. The summed E-state index contributed by atoms with van der Waals surface area (Å²) >= 11 is 1.05. The Labute approximate surface area is 172 Å². The summed E-state index contributed by atoms with van der Waals surface area (Å²) in [7, 11) is 0. The monoisotopic (exact) mass is 408 g/mol. The van der Waals surface area contributed by atoms with E-state index in [9.17, 15) is 9.59 Å². The molecule has 148 valence electrons. The van der Waals surface area contributed by atoms with Gasteiger partial charge in [-0.1, -0.05) is 0 Å². The molecule has 1 aromatic heterocycles. The van der Waals surface area contributed by atoms with E-state index in [1.54, 1.807) is 18.4 Å². The zero-order chi connectivity index (χ0) is 21.0. The van der Waals surface area contributed by atoms with Gasteiger partial charge < -0.3 is 14.5 Å². The number of carbonyl (C=O) groups is 2. The number of nitrogens with zero attached hydrogens (tertiary/aromatic N) is 1. The SMILES string of the molecule is Cc1cc2occ(CC(=O)OCC(=O)Nc3ccc(SC#N)cc3C)c2cc1C. The lowest BCUT2D eigenvalue weighted by Crippen LogP contribution is -2.22. The summed E-state index contributed by atoms with van der Waals surface area (Å²) in [6.45, 7) is 5.46. The first-order chi connectivity index (χ1) is 13.9. The van der Waals surface area contributed by atoms with Crippen LogP contribution in [0, 0.1) is 31.4 Å². The molecule has 0 aliphatic carbocycles. The van der Waals surface area contributed by atoms with E-state index < -0.39 is 11.9 Å². The largest absolute Gasteiger partial charge is 0.464 e. The lowest BCUT2D eigenvalue weighted by molar-refractivity contribution is -0.146. The van der Waals surface area contributed by atoms with E-state index in [1.807, 2.05) is 44.4 Å². The topological polar surface area (TPSA) is 92.3 Å². The maximum atomic E-state index is 12.2. The third-order valence-corrected chi connectivity index (χ3v) is 5.19. The Kier molecular flexibility index (Phi) is 6.25. The molecule has 7 heteroatoms. The Morgan fingerprint density at radius 1 is 1.14 bits per heavy atom. The van der Waals surface area contributed by atoms with Crippen LogP contribution in [0.1, 0.15) is 22.3 Å². The molecule has 0 fully saturated rings. The molecule has 0 spiro atoms. The van der Waals surface area contributed by atoms with Crippen LogP contribution in [-0.4, -0.2) is 18.5 Å². The number of fused-ring (bicyclic) bond motifs is 1. The van der Waals surface area contributed by atoms with Crippen LogP contribution in [0.15, 0.2) is 45.9 Å². The number of furan rings is 1. The van der Waals surface area contributed by atoms with Crippen molar-refractivity contribution < 1.29 is 18.7 Å². The van der Waals surface area contributed by atoms with Crippen molar-refractivity contribution in [2.24, 2.45) is 0 Å². The molecular weight excluding hydrogens is 388 g/mol. The predicted molar refractivity (Wildman–Crippen MR) is 112 cm³/mol. The molecule has 3 rings (SSSR count). The van der Waals surface area contributed by atoms with E-state index in [4.69, 9.17) is 14.4 Å². The lowest BCUT2D eigenvalue weighted by Gasteiger charge is -2.09. The van der Waals surface area contributed by atoms with E-state index in [1.165, 1.54) is 0 Å². The summed E-state index contributed by atoms with van der Waals surface area (Å²) in [5.41, 5.74) is 5.12. The first kappa shape index (κ1) is 20.5. The Hall–Kier alpha value is -3.24. The van der Waals surface area contributed by atoms with Gasteiger partial charge in [0, 0.05) is 21.5 Å². The molecule has 0 atom stereocenters. The first-order valence-electron chi connectivity index (χ1n) is 8.96. The van der Waals surface area contributed by atoms with Gasteiger partial charge in [-0.05, 0) is 79.6 Å². The van der Waals surface area contributed by atoms with Crippen LogP contribution in [0.3, 0.4) is 0 Å². The van der Waals surface area contributed by atoms with Crippen molar-refractivity contribution in [3.63, 3.8) is 0 Å². The Morgan fingerprint density at radius 3 is 2.62 bits per heavy atom. The molecule has 0 saturated heterocycles. The van der Waals surface area contributed by atoms with Crippen molar-refractivity contribution in [3.05, 3.63) is 58.8 Å². The van der Waals surface area contributed by atoms with Gasteiger partial charge in [0.15, 0.2) is 6.61 Å². The number of aryl methyl sites for hydroxylation is 3. The number of benzene rings is 2. The maximum absolute atomic E-state index is 12.2. The molecule has 1 N–H and O–H groups in total. The number of nitriles is 1. The van der Waals surface area contributed by atoms with Gasteiger partial charge in [0.1, 0.15) is 11.0 Å². The number of esters is 1. The van der Waals surface area contributed by atoms with Crippen molar-refractivity contribution in [1.82, 2.24) is 0 Å². The molecule has 2 aromatic carbocycles. The highest BCUT2D eigenvalue weighted by atomic mass is 32.2. The summed E-state index contributed by atoms with van der Waals surface area (Å²) in [6.07, 6.45) is 1.58. The Bertz CT molecular complexity index is 1130. The molecule has 0 aliphatic rings. The molecule has 1 amide bonds. The molecular formula is C22H20N2O4S. The second-order valence-electron chi connectivity index (χ2n) is 6.75. The summed E-state index contributed by atoms with van der Waals surface area (Å²) in [6, 6.07) is 9.20. The molecule has 0 saturated carbocycles. The fourth-order valence-corrected chi connectivity index (χ4v) is 3.38. The number of amides is 1.